The Kier molecular flexibility index (Phi) is 9.87. The molecule has 3 aliphatic carbocycles. The van der Waals surface area contributed by atoms with Crippen LogP contribution in [0.4, 0.5) is 0 Å². The van der Waals surface area contributed by atoms with Gasteiger partial charge in [0.25, 0.3) is 0 Å². The van der Waals surface area contributed by atoms with Crippen LogP contribution in [0, 0.1) is 29.6 Å². The standard InChI is InChI=1S/C36H44O6/c1-21(2)8-7-9-22(3)27-20-28-23(4)16-29(27)35(25-12-15-31(39)34(18-25)42-6)36(28)32(40)19-26(37)13-10-24-11-14-30(38)33(17-24)41-5/h8,10-19,22,27-29,35-39H,7,9,20H2,1-6H3/b13-10+,26-19-/t22-,27+,28-,29-,35+,36-/m0/s1. The average molecular weight is 573 g/mol. The van der Waals surface area contributed by atoms with E-state index in [1.165, 1.54) is 43.6 Å². The van der Waals surface area contributed by atoms with Crippen molar-refractivity contribution in [3.8, 4) is 23.0 Å². The summed E-state index contributed by atoms with van der Waals surface area (Å²) >= 11 is 0. The molecule has 0 radical (unpaired) electrons. The van der Waals surface area contributed by atoms with E-state index >= 15 is 0 Å². The molecule has 224 valence electrons. The lowest BCUT2D eigenvalue weighted by atomic mass is 9.51. The molecule has 2 aromatic carbocycles. The molecule has 1 saturated carbocycles. The minimum atomic E-state index is -0.347. The highest BCUT2D eigenvalue weighted by Crippen LogP contribution is 2.58. The first-order valence-corrected chi connectivity index (χ1v) is 14.7. The van der Waals surface area contributed by atoms with Gasteiger partial charge < -0.3 is 24.8 Å². The predicted octanol–water partition coefficient (Wildman–Crippen LogP) is 8.13. The Labute approximate surface area is 249 Å². The van der Waals surface area contributed by atoms with Crippen molar-refractivity contribution in [3.05, 3.63) is 88.7 Å². The molecule has 2 bridgehead atoms. The molecule has 0 heterocycles. The van der Waals surface area contributed by atoms with Crippen LogP contribution in [0.3, 0.4) is 0 Å². The number of phenols is 2. The zero-order valence-corrected chi connectivity index (χ0v) is 25.5. The molecule has 0 spiro atoms. The van der Waals surface area contributed by atoms with E-state index in [1.807, 2.05) is 12.1 Å². The largest absolute Gasteiger partial charge is 0.508 e. The SMILES string of the molecule is COc1cc(/C=C/C(O)=C/C(=O)[C@H]2[C@H](c3ccc(O)c(OC)c3)[C@H]3C=C(C)[C@@H]2C[C@@H]3[C@@H](C)CCC=C(C)C)ccc1O. The number of methoxy groups -OCH3 is 2. The fourth-order valence-corrected chi connectivity index (χ4v) is 6.91. The molecule has 1 fully saturated rings. The van der Waals surface area contributed by atoms with E-state index < -0.39 is 0 Å². The van der Waals surface area contributed by atoms with E-state index in [-0.39, 0.29) is 46.7 Å². The van der Waals surface area contributed by atoms with E-state index in [2.05, 4.69) is 39.8 Å². The molecular weight excluding hydrogens is 528 g/mol. The second kappa shape index (κ2) is 13.4. The Bertz CT molecular complexity index is 1410. The van der Waals surface area contributed by atoms with Crippen LogP contribution >= 0.6 is 0 Å². The van der Waals surface area contributed by atoms with E-state index in [0.717, 1.165) is 24.8 Å². The molecule has 6 nitrogen and oxygen atoms in total. The van der Waals surface area contributed by atoms with Gasteiger partial charge in [-0.25, -0.2) is 0 Å². The fraction of sp³-hybridized carbons (Fsp3) is 0.417. The number of carbonyl (C=O) groups is 1. The van der Waals surface area contributed by atoms with Crippen molar-refractivity contribution in [1.82, 2.24) is 0 Å². The normalized spacial score (nSPS) is 24.3. The third kappa shape index (κ3) is 6.75. The molecular formula is C36H44O6. The first-order chi connectivity index (χ1) is 20.0. The zero-order valence-electron chi connectivity index (χ0n) is 25.5. The van der Waals surface area contributed by atoms with Crippen LogP contribution in [0.15, 0.2) is 77.6 Å². The Balaban J connectivity index is 1.67. The number of ketones is 1. The van der Waals surface area contributed by atoms with Crippen molar-refractivity contribution < 1.29 is 29.6 Å². The maximum absolute atomic E-state index is 14.0. The van der Waals surface area contributed by atoms with Crippen LogP contribution in [0.1, 0.15) is 64.0 Å². The minimum absolute atomic E-state index is 0.0295. The summed E-state index contributed by atoms with van der Waals surface area (Å²) in [5.41, 5.74) is 4.23. The number of ether oxygens (including phenoxy) is 2. The number of fused-ring (bicyclic) bond motifs is 2. The maximum atomic E-state index is 14.0. The topological polar surface area (TPSA) is 96.2 Å². The number of aliphatic hydroxyl groups excluding tert-OH is 1. The summed E-state index contributed by atoms with van der Waals surface area (Å²) in [5.74, 6) is 1.20. The number of hydrogen-bond donors (Lipinski definition) is 3. The van der Waals surface area contributed by atoms with Crippen LogP contribution in [-0.4, -0.2) is 35.3 Å². The first-order valence-electron chi connectivity index (χ1n) is 14.7. The third-order valence-electron chi connectivity index (χ3n) is 9.06. The molecule has 6 heteroatoms. The first kappa shape index (κ1) is 31.0. The van der Waals surface area contributed by atoms with Crippen LogP contribution in [0.2, 0.25) is 0 Å². The molecule has 0 aliphatic heterocycles. The number of rotatable bonds is 11. The Morgan fingerprint density at radius 2 is 1.71 bits per heavy atom. The van der Waals surface area contributed by atoms with Crippen molar-refractivity contribution >= 4 is 11.9 Å². The van der Waals surface area contributed by atoms with E-state index in [0.29, 0.717) is 28.9 Å². The summed E-state index contributed by atoms with van der Waals surface area (Å²) < 4.78 is 10.6. The average Bonchev–Trinajstić information content (AvgIpc) is 2.96. The van der Waals surface area contributed by atoms with Crippen molar-refractivity contribution in [2.45, 2.75) is 52.9 Å². The number of phenolic OH excluding ortho intramolecular Hbond substituents is 2. The van der Waals surface area contributed by atoms with Gasteiger partial charge in [0.1, 0.15) is 5.76 Å². The molecule has 6 atom stereocenters. The van der Waals surface area contributed by atoms with Gasteiger partial charge in [-0.2, -0.15) is 0 Å². The second-order valence-electron chi connectivity index (χ2n) is 12.0. The summed E-state index contributed by atoms with van der Waals surface area (Å²) in [4.78, 5) is 14.0. The molecule has 0 amide bonds. The van der Waals surface area contributed by atoms with Crippen molar-refractivity contribution in [1.29, 1.82) is 0 Å². The van der Waals surface area contributed by atoms with Crippen LogP contribution < -0.4 is 9.47 Å². The van der Waals surface area contributed by atoms with E-state index in [4.69, 9.17) is 9.47 Å². The quantitative estimate of drug-likeness (QED) is 0.109. The van der Waals surface area contributed by atoms with Crippen molar-refractivity contribution in [3.63, 3.8) is 0 Å². The second-order valence-corrected chi connectivity index (χ2v) is 12.0. The molecule has 0 unspecified atom stereocenters. The smallest absolute Gasteiger partial charge is 0.163 e. The summed E-state index contributed by atoms with van der Waals surface area (Å²) in [6.07, 6.45) is 12.2. The lowest BCUT2D eigenvalue weighted by Gasteiger charge is -2.52. The zero-order chi connectivity index (χ0) is 30.6. The molecule has 2 aromatic rings. The molecule has 0 aromatic heterocycles. The number of carbonyl (C=O) groups excluding carboxylic acids is 1. The molecule has 42 heavy (non-hydrogen) atoms. The molecule has 3 aliphatic rings. The van der Waals surface area contributed by atoms with Gasteiger partial charge in [0.2, 0.25) is 0 Å². The third-order valence-corrected chi connectivity index (χ3v) is 9.06. The summed E-state index contributed by atoms with van der Waals surface area (Å²) in [5, 5.41) is 30.9. The Hall–Kier alpha value is -3.93. The monoisotopic (exact) mass is 572 g/mol. The number of aliphatic hydroxyl groups is 1. The lowest BCUT2D eigenvalue weighted by Crippen LogP contribution is -2.47. The summed E-state index contributed by atoms with van der Waals surface area (Å²) in [6.45, 7) is 8.71. The molecule has 3 N–H and O–H groups in total. The van der Waals surface area contributed by atoms with Crippen LogP contribution in [0.5, 0.6) is 23.0 Å². The number of benzene rings is 2. The Morgan fingerprint density at radius 1 is 1.05 bits per heavy atom. The van der Waals surface area contributed by atoms with Gasteiger partial charge in [-0.3, -0.25) is 4.79 Å². The predicted molar refractivity (Wildman–Crippen MR) is 167 cm³/mol. The van der Waals surface area contributed by atoms with E-state index in [1.54, 1.807) is 24.3 Å². The van der Waals surface area contributed by atoms with Crippen molar-refractivity contribution in [2.75, 3.05) is 14.2 Å². The Morgan fingerprint density at radius 3 is 2.38 bits per heavy atom. The lowest BCUT2D eigenvalue weighted by molar-refractivity contribution is -0.123. The summed E-state index contributed by atoms with van der Waals surface area (Å²) in [7, 11) is 3.00. The highest BCUT2D eigenvalue weighted by Gasteiger charge is 2.51. The van der Waals surface area contributed by atoms with Gasteiger partial charge >= 0.3 is 0 Å². The number of allylic oxidation sites excluding steroid dienone is 6. The van der Waals surface area contributed by atoms with Gasteiger partial charge in [-0.05, 0) is 105 Å². The van der Waals surface area contributed by atoms with Gasteiger partial charge in [0.05, 0.1) is 14.2 Å². The molecule has 5 rings (SSSR count). The highest BCUT2D eigenvalue weighted by atomic mass is 16.5. The van der Waals surface area contributed by atoms with Gasteiger partial charge in [-0.1, -0.05) is 48.4 Å². The van der Waals surface area contributed by atoms with E-state index in [9.17, 15) is 20.1 Å². The molecule has 0 saturated heterocycles. The highest BCUT2D eigenvalue weighted by molar-refractivity contribution is 5.94. The summed E-state index contributed by atoms with van der Waals surface area (Å²) in [6, 6.07) is 10.3. The maximum Gasteiger partial charge on any atom is 0.163 e. The van der Waals surface area contributed by atoms with Gasteiger partial charge in [0.15, 0.2) is 28.8 Å². The van der Waals surface area contributed by atoms with Crippen LogP contribution in [0.25, 0.3) is 6.08 Å². The van der Waals surface area contributed by atoms with Gasteiger partial charge in [-0.15, -0.1) is 0 Å². The number of aromatic hydroxyl groups is 2. The van der Waals surface area contributed by atoms with Crippen LogP contribution in [-0.2, 0) is 4.79 Å². The fourth-order valence-electron chi connectivity index (χ4n) is 6.91. The minimum Gasteiger partial charge on any atom is -0.508 e. The number of hydrogen-bond acceptors (Lipinski definition) is 6. The van der Waals surface area contributed by atoms with Crippen molar-refractivity contribution in [2.24, 2.45) is 29.6 Å². The van der Waals surface area contributed by atoms with Gasteiger partial charge in [0, 0.05) is 17.9 Å².